The fourth-order valence-electron chi connectivity index (χ4n) is 1.30. The first-order valence-corrected chi connectivity index (χ1v) is 6.09. The van der Waals surface area contributed by atoms with E-state index in [9.17, 15) is 4.79 Å². The third kappa shape index (κ3) is 4.16. The van der Waals surface area contributed by atoms with Crippen LogP contribution in [0.5, 0.6) is 0 Å². The molecule has 1 aromatic heterocycles. The summed E-state index contributed by atoms with van der Waals surface area (Å²) < 4.78 is 0. The zero-order valence-corrected chi connectivity index (χ0v) is 10.3. The van der Waals surface area contributed by atoms with Crippen LogP contribution < -0.4 is 10.6 Å². The van der Waals surface area contributed by atoms with Crippen LogP contribution in [0.25, 0.3) is 0 Å². The lowest BCUT2D eigenvalue weighted by Crippen LogP contribution is -2.41. The van der Waals surface area contributed by atoms with E-state index in [1.165, 1.54) is 11.3 Å². The highest BCUT2D eigenvalue weighted by Crippen LogP contribution is 2.11. The van der Waals surface area contributed by atoms with Crippen molar-refractivity contribution in [1.82, 2.24) is 10.3 Å². The molecule has 0 aliphatic carbocycles. The molecule has 5 nitrogen and oxygen atoms in total. The summed E-state index contributed by atoms with van der Waals surface area (Å²) in [5.41, 5.74) is 0. The number of rotatable bonds is 5. The normalized spacial score (nSPS) is 12.5. The summed E-state index contributed by atoms with van der Waals surface area (Å²) in [5, 5.41) is 16.7. The molecule has 0 saturated carbocycles. The van der Waals surface area contributed by atoms with Gasteiger partial charge in [-0.15, -0.1) is 11.3 Å². The number of amides is 2. The predicted octanol–water partition coefficient (Wildman–Crippen LogP) is 1.67. The lowest BCUT2D eigenvalue weighted by molar-refractivity contribution is 0.227. The van der Waals surface area contributed by atoms with Gasteiger partial charge >= 0.3 is 6.03 Å². The molecule has 1 heterocycles. The number of aliphatic hydroxyl groups is 1. The molecule has 0 bridgehead atoms. The van der Waals surface area contributed by atoms with Crippen molar-refractivity contribution in [3.63, 3.8) is 0 Å². The molecule has 0 saturated heterocycles. The van der Waals surface area contributed by atoms with Crippen molar-refractivity contribution in [2.45, 2.75) is 26.3 Å². The van der Waals surface area contributed by atoms with Crippen molar-refractivity contribution in [3.05, 3.63) is 11.6 Å². The van der Waals surface area contributed by atoms with Crippen molar-refractivity contribution in [2.75, 3.05) is 11.9 Å². The van der Waals surface area contributed by atoms with Gasteiger partial charge in [0.1, 0.15) is 0 Å². The molecule has 90 valence electrons. The third-order valence-corrected chi connectivity index (χ3v) is 2.90. The first-order chi connectivity index (χ1) is 7.63. The van der Waals surface area contributed by atoms with E-state index in [1.807, 2.05) is 13.8 Å². The summed E-state index contributed by atoms with van der Waals surface area (Å²) in [7, 11) is 0. The highest BCUT2D eigenvalue weighted by atomic mass is 32.1. The van der Waals surface area contributed by atoms with Gasteiger partial charge in [-0.3, -0.25) is 5.32 Å². The van der Waals surface area contributed by atoms with E-state index in [-0.39, 0.29) is 24.6 Å². The molecule has 0 fully saturated rings. The fourth-order valence-corrected chi connectivity index (χ4v) is 1.82. The largest absolute Gasteiger partial charge is 0.396 e. The van der Waals surface area contributed by atoms with Crippen molar-refractivity contribution >= 4 is 22.5 Å². The zero-order valence-electron chi connectivity index (χ0n) is 9.43. The van der Waals surface area contributed by atoms with E-state index in [0.29, 0.717) is 11.6 Å². The number of carbonyl (C=O) groups excluding carboxylic acids is 1. The maximum absolute atomic E-state index is 11.6. The number of hydrogen-bond donors (Lipinski definition) is 3. The third-order valence-electron chi connectivity index (χ3n) is 2.21. The van der Waals surface area contributed by atoms with E-state index < -0.39 is 0 Å². The molecular weight excluding hydrogens is 226 g/mol. The highest BCUT2D eigenvalue weighted by Gasteiger charge is 2.15. The molecular formula is C10H17N3O2S. The monoisotopic (exact) mass is 243 g/mol. The maximum atomic E-state index is 11.6. The molecule has 0 aromatic carbocycles. The van der Waals surface area contributed by atoms with Crippen LogP contribution >= 0.6 is 11.3 Å². The molecule has 16 heavy (non-hydrogen) atoms. The number of carbonyl (C=O) groups is 1. The van der Waals surface area contributed by atoms with Gasteiger partial charge in [0.2, 0.25) is 0 Å². The van der Waals surface area contributed by atoms with E-state index in [1.54, 1.807) is 11.6 Å². The van der Waals surface area contributed by atoms with Crippen LogP contribution in [-0.4, -0.2) is 28.8 Å². The van der Waals surface area contributed by atoms with Gasteiger partial charge in [0, 0.05) is 24.2 Å². The Morgan fingerprint density at radius 2 is 2.38 bits per heavy atom. The van der Waals surface area contributed by atoms with Gasteiger partial charge in [-0.2, -0.15) is 0 Å². The quantitative estimate of drug-likeness (QED) is 0.736. The van der Waals surface area contributed by atoms with Crippen LogP contribution in [0.4, 0.5) is 9.93 Å². The number of urea groups is 1. The van der Waals surface area contributed by atoms with Gasteiger partial charge in [0.25, 0.3) is 0 Å². The van der Waals surface area contributed by atoms with Crippen LogP contribution in [0.1, 0.15) is 20.3 Å². The Labute approximate surface area is 98.9 Å². The Balaban J connectivity index is 2.42. The average molecular weight is 243 g/mol. The summed E-state index contributed by atoms with van der Waals surface area (Å²) >= 11 is 1.37. The minimum Gasteiger partial charge on any atom is -0.396 e. The van der Waals surface area contributed by atoms with Gasteiger partial charge in [-0.1, -0.05) is 13.8 Å². The SMILES string of the molecule is CC(C)C(CCO)NC(=O)Nc1nccs1. The van der Waals surface area contributed by atoms with Crippen molar-refractivity contribution in [1.29, 1.82) is 0 Å². The molecule has 3 N–H and O–H groups in total. The van der Waals surface area contributed by atoms with Gasteiger partial charge in [0.05, 0.1) is 0 Å². The molecule has 0 aliphatic rings. The van der Waals surface area contributed by atoms with Crippen LogP contribution in [0.3, 0.4) is 0 Å². The highest BCUT2D eigenvalue weighted by molar-refractivity contribution is 7.13. The number of aliphatic hydroxyl groups excluding tert-OH is 1. The number of thiazole rings is 1. The van der Waals surface area contributed by atoms with Crippen LogP contribution in [0, 0.1) is 5.92 Å². The first-order valence-electron chi connectivity index (χ1n) is 5.21. The summed E-state index contributed by atoms with van der Waals surface area (Å²) in [6.45, 7) is 4.08. The Bertz CT molecular complexity index is 314. The number of hydrogen-bond acceptors (Lipinski definition) is 4. The summed E-state index contributed by atoms with van der Waals surface area (Å²) in [5.74, 6) is 0.286. The number of anilines is 1. The van der Waals surface area contributed by atoms with E-state index in [4.69, 9.17) is 5.11 Å². The lowest BCUT2D eigenvalue weighted by atomic mass is 10.0. The molecule has 0 radical (unpaired) electrons. The van der Waals surface area contributed by atoms with Gasteiger partial charge in [0.15, 0.2) is 5.13 Å². The second-order valence-corrected chi connectivity index (χ2v) is 4.69. The lowest BCUT2D eigenvalue weighted by Gasteiger charge is -2.21. The minimum atomic E-state index is -0.276. The Kier molecular flexibility index (Phi) is 5.21. The van der Waals surface area contributed by atoms with Gasteiger partial charge < -0.3 is 10.4 Å². The Hall–Kier alpha value is -1.14. The van der Waals surface area contributed by atoms with Crippen molar-refractivity contribution in [2.24, 2.45) is 5.92 Å². The molecule has 0 aliphatic heterocycles. The first kappa shape index (κ1) is 12.9. The Morgan fingerprint density at radius 3 is 2.88 bits per heavy atom. The topological polar surface area (TPSA) is 74.2 Å². The number of nitrogens with zero attached hydrogens (tertiary/aromatic N) is 1. The maximum Gasteiger partial charge on any atom is 0.321 e. The molecule has 0 spiro atoms. The number of nitrogens with one attached hydrogen (secondary N) is 2. The summed E-state index contributed by atoms with van der Waals surface area (Å²) in [4.78, 5) is 15.5. The van der Waals surface area contributed by atoms with E-state index in [0.717, 1.165) is 0 Å². The molecule has 1 unspecified atom stereocenters. The van der Waals surface area contributed by atoms with E-state index >= 15 is 0 Å². The average Bonchev–Trinajstić information content (AvgIpc) is 2.69. The second-order valence-electron chi connectivity index (χ2n) is 3.80. The van der Waals surface area contributed by atoms with Crippen LogP contribution in [0.2, 0.25) is 0 Å². The molecule has 1 aromatic rings. The van der Waals surface area contributed by atoms with Crippen molar-refractivity contribution < 1.29 is 9.90 Å². The summed E-state index contributed by atoms with van der Waals surface area (Å²) in [6, 6.07) is -0.299. The van der Waals surface area contributed by atoms with Crippen LogP contribution in [0.15, 0.2) is 11.6 Å². The fraction of sp³-hybridized carbons (Fsp3) is 0.600. The minimum absolute atomic E-state index is 0.0232. The molecule has 1 rings (SSSR count). The summed E-state index contributed by atoms with van der Waals surface area (Å²) in [6.07, 6.45) is 2.19. The molecule has 1 atom stereocenters. The van der Waals surface area contributed by atoms with Gasteiger partial charge in [-0.05, 0) is 12.3 Å². The van der Waals surface area contributed by atoms with Crippen LogP contribution in [-0.2, 0) is 0 Å². The molecule has 2 amide bonds. The van der Waals surface area contributed by atoms with Gasteiger partial charge in [-0.25, -0.2) is 9.78 Å². The van der Waals surface area contributed by atoms with Crippen molar-refractivity contribution in [3.8, 4) is 0 Å². The Morgan fingerprint density at radius 1 is 1.62 bits per heavy atom. The second kappa shape index (κ2) is 6.44. The smallest absolute Gasteiger partial charge is 0.321 e. The zero-order chi connectivity index (χ0) is 12.0. The standard InChI is InChI=1S/C10H17N3O2S/c1-7(2)8(3-5-14)12-9(15)13-10-11-4-6-16-10/h4,6-8,14H,3,5H2,1-2H3,(H2,11,12,13,15). The number of aromatic nitrogens is 1. The molecule has 6 heteroatoms. The van der Waals surface area contributed by atoms with E-state index in [2.05, 4.69) is 15.6 Å². The predicted molar refractivity (Wildman–Crippen MR) is 64.6 cm³/mol.